The molecule has 1 amide bonds. The van der Waals surface area contributed by atoms with Crippen LogP contribution in [-0.2, 0) is 14.6 Å². The van der Waals surface area contributed by atoms with Gasteiger partial charge in [0.2, 0.25) is 5.91 Å². The maximum atomic E-state index is 12.4. The van der Waals surface area contributed by atoms with E-state index < -0.39 is 19.8 Å². The minimum Gasteiger partial charge on any atom is -0.341 e. The summed E-state index contributed by atoms with van der Waals surface area (Å²) in [5.74, 6) is 0.617. The van der Waals surface area contributed by atoms with Crippen molar-refractivity contribution in [2.75, 3.05) is 18.8 Å². The fourth-order valence-electron chi connectivity index (χ4n) is 3.04. The van der Waals surface area contributed by atoms with E-state index in [1.54, 1.807) is 37.4 Å². The van der Waals surface area contributed by atoms with Gasteiger partial charge in [-0.15, -0.1) is 11.8 Å². The van der Waals surface area contributed by atoms with E-state index in [2.05, 4.69) is 0 Å². The predicted molar refractivity (Wildman–Crippen MR) is 88.4 cm³/mol. The molecule has 1 aliphatic carbocycles. The molecule has 0 aromatic rings. The summed E-state index contributed by atoms with van der Waals surface area (Å²) < 4.78 is 24.2. The minimum absolute atomic E-state index is 0.110. The number of rotatable bonds is 4. The van der Waals surface area contributed by atoms with Crippen molar-refractivity contribution in [3.63, 3.8) is 0 Å². The van der Waals surface area contributed by atoms with Gasteiger partial charge in [-0.3, -0.25) is 4.79 Å². The van der Waals surface area contributed by atoms with Gasteiger partial charge in [-0.2, -0.15) is 0 Å². The van der Waals surface area contributed by atoms with Gasteiger partial charge >= 0.3 is 0 Å². The first-order valence-electron chi connectivity index (χ1n) is 7.84. The Balaban J connectivity index is 1.85. The fraction of sp³-hybridized carbons (Fsp3) is 0.933. The van der Waals surface area contributed by atoms with Gasteiger partial charge in [0.1, 0.15) is 0 Å². The van der Waals surface area contributed by atoms with Gasteiger partial charge in [-0.05, 0) is 40.0 Å². The molecule has 0 aromatic carbocycles. The van der Waals surface area contributed by atoms with Gasteiger partial charge in [0.05, 0.1) is 15.7 Å². The Kier molecular flexibility index (Phi) is 5.29. The third kappa shape index (κ3) is 3.95. The van der Waals surface area contributed by atoms with Crippen LogP contribution >= 0.6 is 11.8 Å². The lowest BCUT2D eigenvalue weighted by Crippen LogP contribution is -2.40. The van der Waals surface area contributed by atoms with Crippen molar-refractivity contribution >= 4 is 27.5 Å². The molecule has 1 heterocycles. The van der Waals surface area contributed by atoms with Crippen LogP contribution in [0.1, 0.15) is 52.9 Å². The highest BCUT2D eigenvalue weighted by Crippen LogP contribution is 2.31. The largest absolute Gasteiger partial charge is 0.341 e. The van der Waals surface area contributed by atoms with Crippen LogP contribution in [0.2, 0.25) is 0 Å². The second-order valence-corrected chi connectivity index (χ2v) is 11.4. The second-order valence-electron chi connectivity index (χ2n) is 7.13. The summed E-state index contributed by atoms with van der Waals surface area (Å²) in [5.41, 5.74) is 0. The van der Waals surface area contributed by atoms with E-state index in [9.17, 15) is 13.2 Å². The maximum absolute atomic E-state index is 12.4. The molecule has 122 valence electrons. The molecule has 2 rings (SSSR count). The van der Waals surface area contributed by atoms with E-state index in [1.807, 2.05) is 0 Å². The molecule has 1 aliphatic heterocycles. The number of hydrogen-bond acceptors (Lipinski definition) is 4. The van der Waals surface area contributed by atoms with Crippen LogP contribution in [0.4, 0.5) is 0 Å². The molecule has 4 nitrogen and oxygen atoms in total. The monoisotopic (exact) mass is 333 g/mol. The molecule has 1 atom stereocenters. The third-order valence-electron chi connectivity index (χ3n) is 4.53. The number of carbonyl (C=O) groups excluding carboxylic acids is 1. The van der Waals surface area contributed by atoms with Gasteiger partial charge in [0.25, 0.3) is 0 Å². The Labute approximate surface area is 133 Å². The van der Waals surface area contributed by atoms with Crippen molar-refractivity contribution in [3.8, 4) is 0 Å². The average Bonchev–Trinajstić information content (AvgIpc) is 3.06. The Hall–Kier alpha value is -0.230. The topological polar surface area (TPSA) is 54.5 Å². The molecular formula is C15H27NO3S2. The zero-order valence-corrected chi connectivity index (χ0v) is 14.9. The summed E-state index contributed by atoms with van der Waals surface area (Å²) in [6.07, 6.45) is 5.58. The normalized spacial score (nSPS) is 24.7. The summed E-state index contributed by atoms with van der Waals surface area (Å²) in [7, 11) is -3.17. The number of thioether (sulfide) groups is 1. The van der Waals surface area contributed by atoms with Gasteiger partial charge in [-0.25, -0.2) is 8.42 Å². The maximum Gasteiger partial charge on any atom is 0.232 e. The second kappa shape index (κ2) is 6.49. The van der Waals surface area contributed by atoms with Crippen LogP contribution in [0.15, 0.2) is 0 Å². The van der Waals surface area contributed by atoms with Gasteiger partial charge in [0.15, 0.2) is 9.84 Å². The summed E-state index contributed by atoms with van der Waals surface area (Å²) in [4.78, 5) is 14.0. The van der Waals surface area contributed by atoms with Crippen molar-refractivity contribution < 1.29 is 13.2 Å². The van der Waals surface area contributed by atoms with E-state index in [0.29, 0.717) is 30.5 Å². The number of likely N-dealkylation sites (tertiary alicyclic amines) is 1. The van der Waals surface area contributed by atoms with E-state index in [1.165, 1.54) is 25.7 Å². The Morgan fingerprint density at radius 1 is 1.19 bits per heavy atom. The molecule has 0 aromatic heterocycles. The summed E-state index contributed by atoms with van der Waals surface area (Å²) in [6.45, 7) is 6.18. The molecule has 21 heavy (non-hydrogen) atoms. The highest BCUT2D eigenvalue weighted by molar-refractivity contribution is 8.00. The van der Waals surface area contributed by atoms with Gasteiger partial charge in [0, 0.05) is 18.3 Å². The van der Waals surface area contributed by atoms with E-state index in [4.69, 9.17) is 0 Å². The average molecular weight is 334 g/mol. The number of sulfone groups is 1. The Morgan fingerprint density at radius 3 is 2.38 bits per heavy atom. The van der Waals surface area contributed by atoms with Crippen molar-refractivity contribution in [2.45, 2.75) is 68.1 Å². The summed E-state index contributed by atoms with van der Waals surface area (Å²) in [6, 6.07) is 0. The third-order valence-corrected chi connectivity index (χ3v) is 8.86. The molecule has 1 saturated carbocycles. The first-order chi connectivity index (χ1) is 9.72. The van der Waals surface area contributed by atoms with Crippen LogP contribution < -0.4 is 0 Å². The smallest absolute Gasteiger partial charge is 0.232 e. The molecule has 1 saturated heterocycles. The Morgan fingerprint density at radius 2 is 1.81 bits per heavy atom. The quantitative estimate of drug-likeness (QED) is 0.793. The predicted octanol–water partition coefficient (Wildman–Crippen LogP) is 2.48. The molecule has 2 fully saturated rings. The number of nitrogens with zero attached hydrogens (tertiary/aromatic N) is 1. The van der Waals surface area contributed by atoms with Crippen LogP contribution in [-0.4, -0.2) is 53.3 Å². The zero-order valence-electron chi connectivity index (χ0n) is 13.3. The standard InChI is InChI=1S/C15H27NO3S2/c1-15(2,3)21(18,19)13-8-9-16(10-13)14(17)11-20-12-6-4-5-7-12/h12-13H,4-11H2,1-3H3/t13-/m0/s1. The van der Waals surface area contributed by atoms with Crippen LogP contribution in [0.5, 0.6) is 0 Å². The molecule has 2 aliphatic rings. The van der Waals surface area contributed by atoms with Crippen molar-refractivity contribution in [1.82, 2.24) is 4.90 Å². The number of hydrogen-bond donors (Lipinski definition) is 0. The highest BCUT2D eigenvalue weighted by Gasteiger charge is 2.41. The van der Waals surface area contributed by atoms with Crippen LogP contribution in [0.3, 0.4) is 0 Å². The number of amides is 1. The lowest BCUT2D eigenvalue weighted by atomic mass is 10.3. The summed E-state index contributed by atoms with van der Waals surface area (Å²) >= 11 is 1.75. The molecule has 6 heteroatoms. The van der Waals surface area contributed by atoms with Crippen molar-refractivity contribution in [1.29, 1.82) is 0 Å². The first-order valence-corrected chi connectivity index (χ1v) is 10.4. The van der Waals surface area contributed by atoms with Crippen molar-refractivity contribution in [3.05, 3.63) is 0 Å². The highest BCUT2D eigenvalue weighted by atomic mass is 32.2. The molecule has 0 bridgehead atoms. The van der Waals surface area contributed by atoms with E-state index >= 15 is 0 Å². The minimum atomic E-state index is -3.17. The van der Waals surface area contributed by atoms with E-state index in [0.717, 1.165) is 0 Å². The molecule has 0 unspecified atom stereocenters. The molecule has 0 spiro atoms. The van der Waals surface area contributed by atoms with Crippen LogP contribution in [0.25, 0.3) is 0 Å². The lowest BCUT2D eigenvalue weighted by Gasteiger charge is -2.24. The molecule has 0 radical (unpaired) electrons. The van der Waals surface area contributed by atoms with E-state index in [-0.39, 0.29) is 5.91 Å². The zero-order chi connectivity index (χ0) is 15.7. The van der Waals surface area contributed by atoms with Gasteiger partial charge in [-0.1, -0.05) is 12.8 Å². The van der Waals surface area contributed by atoms with Crippen LogP contribution in [0, 0.1) is 0 Å². The molecule has 0 N–H and O–H groups in total. The SMILES string of the molecule is CC(C)(C)S(=O)(=O)[C@H]1CCN(C(=O)CSC2CCCC2)C1. The Bertz CT molecular complexity index is 476. The summed E-state index contributed by atoms with van der Waals surface area (Å²) in [5, 5.41) is 0.239. The number of carbonyl (C=O) groups is 1. The van der Waals surface area contributed by atoms with Crippen molar-refractivity contribution in [2.24, 2.45) is 0 Å². The molecular weight excluding hydrogens is 306 g/mol. The first kappa shape index (κ1) is 17.1. The van der Waals surface area contributed by atoms with Gasteiger partial charge < -0.3 is 4.90 Å². The fourth-order valence-corrected chi connectivity index (χ4v) is 6.06. The lowest BCUT2D eigenvalue weighted by molar-refractivity contribution is -0.127.